The molecule has 7 heavy (non-hydrogen) atoms. The van der Waals surface area contributed by atoms with Gasteiger partial charge < -0.3 is 0 Å². The SMILES string of the molecule is [Sn+3][c]1cccnc1. The second-order valence-electron chi connectivity index (χ2n) is 1.24. The number of hydrogen-bond donors (Lipinski definition) is 0. The van der Waals surface area contributed by atoms with Crippen molar-refractivity contribution in [2.24, 2.45) is 0 Å². The molecule has 0 saturated heterocycles. The van der Waals surface area contributed by atoms with E-state index in [4.69, 9.17) is 0 Å². The van der Waals surface area contributed by atoms with Gasteiger partial charge in [-0.05, 0) is 0 Å². The van der Waals surface area contributed by atoms with Crippen LogP contribution in [0.5, 0.6) is 0 Å². The molecule has 1 aromatic heterocycles. The van der Waals surface area contributed by atoms with Crippen molar-refractivity contribution in [3.63, 3.8) is 0 Å². The van der Waals surface area contributed by atoms with Crippen LogP contribution in [0, 0.1) is 0 Å². The average molecular weight is 197 g/mol. The predicted molar refractivity (Wildman–Crippen MR) is 29.6 cm³/mol. The van der Waals surface area contributed by atoms with Crippen molar-refractivity contribution in [2.45, 2.75) is 0 Å². The maximum atomic E-state index is 3.91. The van der Waals surface area contributed by atoms with Gasteiger partial charge in [0.25, 0.3) is 0 Å². The molecule has 0 spiro atoms. The molecule has 1 nitrogen and oxygen atoms in total. The van der Waals surface area contributed by atoms with Gasteiger partial charge in [0, 0.05) is 0 Å². The molecule has 1 rings (SSSR count). The zero-order chi connectivity index (χ0) is 5.11. The van der Waals surface area contributed by atoms with E-state index in [1.807, 2.05) is 12.3 Å². The summed E-state index contributed by atoms with van der Waals surface area (Å²) in [6.07, 6.45) is 3.66. The quantitative estimate of drug-likeness (QED) is 0.528. The summed E-state index contributed by atoms with van der Waals surface area (Å²) in [7, 11) is 0. The van der Waals surface area contributed by atoms with Gasteiger partial charge in [-0.2, -0.15) is 0 Å². The van der Waals surface area contributed by atoms with Crippen LogP contribution in [0.1, 0.15) is 0 Å². The fourth-order valence-corrected chi connectivity index (χ4v) is 0.850. The number of pyridine rings is 1. The molecule has 1 heterocycles. The van der Waals surface area contributed by atoms with Gasteiger partial charge in [-0.1, -0.05) is 0 Å². The summed E-state index contributed by atoms with van der Waals surface area (Å²) in [6.45, 7) is 0. The first-order chi connectivity index (χ1) is 3.39. The van der Waals surface area contributed by atoms with Crippen molar-refractivity contribution in [2.75, 3.05) is 0 Å². The third-order valence-electron chi connectivity index (χ3n) is 0.662. The molecule has 0 aliphatic rings. The van der Waals surface area contributed by atoms with Gasteiger partial charge in [0.15, 0.2) is 0 Å². The third kappa shape index (κ3) is 1.47. The molecule has 0 bridgehead atoms. The minimum atomic E-state index is 1.30. The van der Waals surface area contributed by atoms with Gasteiger partial charge >= 0.3 is 55.6 Å². The molecule has 0 aromatic carbocycles. The number of aromatic nitrogens is 1. The molecule has 1 aromatic rings. The summed E-state index contributed by atoms with van der Waals surface area (Å²) in [6, 6.07) is 4.01. The van der Waals surface area contributed by atoms with Crippen molar-refractivity contribution in [3.8, 4) is 0 Å². The Balaban J connectivity index is 3.02. The molecule has 0 aliphatic carbocycles. The summed E-state index contributed by atoms with van der Waals surface area (Å²) in [4.78, 5) is 3.91. The van der Waals surface area contributed by atoms with Crippen LogP contribution in [0.15, 0.2) is 24.5 Å². The van der Waals surface area contributed by atoms with Crippen LogP contribution >= 0.6 is 0 Å². The second kappa shape index (κ2) is 2.31. The van der Waals surface area contributed by atoms with Crippen LogP contribution in [0.4, 0.5) is 0 Å². The summed E-state index contributed by atoms with van der Waals surface area (Å²) in [5, 5.41) is 0. The zero-order valence-corrected chi connectivity index (χ0v) is 6.61. The summed E-state index contributed by atoms with van der Waals surface area (Å²) >= 11 is 1.43. The Morgan fingerprint density at radius 2 is 2.43 bits per heavy atom. The number of nitrogens with zero attached hydrogens (tertiary/aromatic N) is 1. The second-order valence-corrected chi connectivity index (χ2v) is 2.89. The zero-order valence-electron chi connectivity index (χ0n) is 3.76. The first-order valence-electron chi connectivity index (χ1n) is 2.01. The monoisotopic (exact) mass is 198 g/mol. The van der Waals surface area contributed by atoms with Crippen molar-refractivity contribution >= 4 is 26.1 Å². The van der Waals surface area contributed by atoms with Crippen molar-refractivity contribution in [1.82, 2.24) is 4.98 Å². The third-order valence-corrected chi connectivity index (χ3v) is 1.51. The Labute approximate surface area is 55.9 Å². The molecule has 0 atom stereocenters. The van der Waals surface area contributed by atoms with Crippen LogP contribution in [-0.2, 0) is 0 Å². The van der Waals surface area contributed by atoms with E-state index in [1.165, 1.54) is 26.1 Å². The van der Waals surface area contributed by atoms with Gasteiger partial charge in [-0.3, -0.25) is 0 Å². The van der Waals surface area contributed by atoms with Crippen LogP contribution in [0.3, 0.4) is 0 Å². The van der Waals surface area contributed by atoms with Crippen molar-refractivity contribution in [3.05, 3.63) is 24.5 Å². The van der Waals surface area contributed by atoms with Crippen molar-refractivity contribution in [1.29, 1.82) is 0 Å². The molecule has 0 radical (unpaired) electrons. The molecule has 0 fully saturated rings. The van der Waals surface area contributed by atoms with Gasteiger partial charge in [0.05, 0.1) is 0 Å². The van der Waals surface area contributed by atoms with E-state index in [2.05, 4.69) is 11.1 Å². The average Bonchev–Trinajstić information content (AvgIpc) is 1.69. The summed E-state index contributed by atoms with van der Waals surface area (Å²) in [5.74, 6) is 0. The molecule has 0 aliphatic heterocycles. The first-order valence-corrected chi connectivity index (χ1v) is 3.44. The molecule has 30 valence electrons. The first kappa shape index (κ1) is 5.09. The van der Waals surface area contributed by atoms with E-state index in [-0.39, 0.29) is 0 Å². The standard InChI is InChI=1S/C5H4N.Sn/c1-2-4-6-5-3-1;/h1-2,4-5H;/q;+3. The molecular formula is C5H4NSn+3. The summed E-state index contributed by atoms with van der Waals surface area (Å²) < 4.78 is 1.30. The fraction of sp³-hybridized carbons (Fsp3) is 0. The van der Waals surface area contributed by atoms with E-state index in [0.29, 0.717) is 0 Å². The van der Waals surface area contributed by atoms with E-state index in [9.17, 15) is 0 Å². The normalized spacial score (nSPS) is 8.86. The van der Waals surface area contributed by atoms with E-state index in [0.717, 1.165) is 0 Å². The van der Waals surface area contributed by atoms with Gasteiger partial charge in [0.2, 0.25) is 0 Å². The Hall–Kier alpha value is -0.0513. The Bertz CT molecular complexity index is 138. The molecular weight excluding hydrogens is 193 g/mol. The Morgan fingerprint density at radius 3 is 2.71 bits per heavy atom. The molecule has 0 unspecified atom stereocenters. The van der Waals surface area contributed by atoms with Crippen LogP contribution < -0.4 is 3.58 Å². The molecule has 2 heteroatoms. The maximum absolute atomic E-state index is 3.91. The van der Waals surface area contributed by atoms with Gasteiger partial charge in [-0.15, -0.1) is 0 Å². The molecule has 0 saturated carbocycles. The van der Waals surface area contributed by atoms with Gasteiger partial charge in [0.1, 0.15) is 0 Å². The molecule has 0 N–H and O–H groups in total. The minimum absolute atomic E-state index is 1.30. The van der Waals surface area contributed by atoms with E-state index >= 15 is 0 Å². The van der Waals surface area contributed by atoms with Gasteiger partial charge in [-0.25, -0.2) is 0 Å². The van der Waals surface area contributed by atoms with Crippen LogP contribution in [-0.4, -0.2) is 27.5 Å². The van der Waals surface area contributed by atoms with E-state index in [1.54, 1.807) is 6.20 Å². The number of rotatable bonds is 0. The topological polar surface area (TPSA) is 12.9 Å². The van der Waals surface area contributed by atoms with Crippen LogP contribution in [0.25, 0.3) is 0 Å². The Morgan fingerprint density at radius 1 is 1.57 bits per heavy atom. The Kier molecular flexibility index (Phi) is 1.68. The molecule has 0 amide bonds. The van der Waals surface area contributed by atoms with Crippen molar-refractivity contribution < 1.29 is 0 Å². The number of hydrogen-bond acceptors (Lipinski definition) is 1. The summed E-state index contributed by atoms with van der Waals surface area (Å²) in [5.41, 5.74) is 0. The predicted octanol–water partition coefficient (Wildman–Crippen LogP) is -0.125. The van der Waals surface area contributed by atoms with E-state index < -0.39 is 0 Å². The van der Waals surface area contributed by atoms with Crippen LogP contribution in [0.2, 0.25) is 0 Å². The fourth-order valence-electron chi connectivity index (χ4n) is 0.363.